The molecule has 6 aromatic rings. The largest absolute Gasteiger partial charge is 0.326 e. The van der Waals surface area contributed by atoms with Gasteiger partial charge in [0.2, 0.25) is 6.71 Å². The molecule has 2 nitrogen and oxygen atoms in total. The molecule has 2 radical (unpaired) electrons. The fourth-order valence-corrected chi connectivity index (χ4v) is 7.26. The van der Waals surface area contributed by atoms with Gasteiger partial charge in [0.05, 0.1) is 11.5 Å². The van der Waals surface area contributed by atoms with Gasteiger partial charge in [-0.15, -0.1) is 12.6 Å². The molecular weight excluding hydrogens is 547 g/mol. The predicted molar refractivity (Wildman–Crippen MR) is 190 cm³/mol. The second kappa shape index (κ2) is 14.2. The molecule has 4 heteroatoms. The molecule has 0 saturated carbocycles. The predicted octanol–water partition coefficient (Wildman–Crippen LogP) is 6.98. The zero-order valence-corrected chi connectivity index (χ0v) is 26.8. The summed E-state index contributed by atoms with van der Waals surface area (Å²) in [7, 11) is 0.514. The number of benzene rings is 5. The number of rotatable bonds is 8. The molecule has 0 unspecified atom stereocenters. The fourth-order valence-electron chi connectivity index (χ4n) is 5.55. The summed E-state index contributed by atoms with van der Waals surface area (Å²) in [5.41, 5.74) is 6.60. The van der Waals surface area contributed by atoms with E-state index in [-0.39, 0.29) is 10.6 Å². The van der Waals surface area contributed by atoms with Crippen molar-refractivity contribution in [1.29, 1.82) is 0 Å². The first kappa shape index (κ1) is 30.8. The van der Waals surface area contributed by atoms with Crippen molar-refractivity contribution < 1.29 is 0 Å². The Morgan fingerprint density at radius 1 is 0.636 bits per heavy atom. The van der Waals surface area contributed by atoms with E-state index < -0.39 is 0 Å². The maximum atomic E-state index is 4.40. The lowest BCUT2D eigenvalue weighted by atomic mass is 9.41. The Hall–Kier alpha value is -4.67. The lowest BCUT2D eigenvalue weighted by Gasteiger charge is -2.36. The van der Waals surface area contributed by atoms with Gasteiger partial charge >= 0.3 is 0 Å². The van der Waals surface area contributed by atoms with Gasteiger partial charge in [-0.3, -0.25) is 0 Å². The Morgan fingerprint density at radius 2 is 1.11 bits per heavy atom. The van der Waals surface area contributed by atoms with Crippen LogP contribution < -0.4 is 16.1 Å². The minimum absolute atomic E-state index is 0.123. The van der Waals surface area contributed by atoms with Crippen LogP contribution in [-0.2, 0) is 10.6 Å². The van der Waals surface area contributed by atoms with Crippen LogP contribution in [-0.4, -0.2) is 25.8 Å². The molecule has 0 aliphatic carbocycles. The van der Waals surface area contributed by atoms with Crippen molar-refractivity contribution in [3.05, 3.63) is 194 Å². The van der Waals surface area contributed by atoms with Crippen LogP contribution in [0.25, 0.3) is 0 Å². The van der Waals surface area contributed by atoms with E-state index in [0.717, 1.165) is 0 Å². The standard InChI is InChI=1S/C26H26N2Si.C14H13B/c1-25(2,3)23-15-10-16-24(19-23)29-26(28-18-17-27-20-28,21-11-6-4-7-12-21)22-13-8-5-9-14-22;1-2-15(13-9-5-3-6-10-13)14-11-7-4-8-12-14/h4-20H,1-3H3;2-12H,1H2. The molecule has 0 N–H and O–H groups in total. The van der Waals surface area contributed by atoms with Gasteiger partial charge in [-0.05, 0) is 22.1 Å². The van der Waals surface area contributed by atoms with Crippen LogP contribution in [0.3, 0.4) is 0 Å². The van der Waals surface area contributed by atoms with Crippen LogP contribution in [0.4, 0.5) is 0 Å². The van der Waals surface area contributed by atoms with Crippen molar-refractivity contribution in [3.8, 4) is 0 Å². The first-order valence-corrected chi connectivity index (χ1v) is 16.1. The summed E-state index contributed by atoms with van der Waals surface area (Å²) in [6.07, 6.45) is 5.90. The maximum absolute atomic E-state index is 4.40. The summed E-state index contributed by atoms with van der Waals surface area (Å²) in [6, 6.07) is 51.5. The van der Waals surface area contributed by atoms with Gasteiger partial charge in [0, 0.05) is 12.4 Å². The molecule has 1 aromatic heterocycles. The van der Waals surface area contributed by atoms with Crippen LogP contribution >= 0.6 is 0 Å². The SMILES string of the molecule is C=CB(c1ccccc1)c1ccccc1.CC(C)(C)c1cccc([Si]C(c2ccccc2)(c2ccccc2)n2ccnc2)c1. The highest BCUT2D eigenvalue weighted by Gasteiger charge is 2.37. The number of hydrogen-bond donors (Lipinski definition) is 0. The van der Waals surface area contributed by atoms with Crippen LogP contribution in [0.15, 0.2) is 177 Å². The Labute approximate surface area is 266 Å². The van der Waals surface area contributed by atoms with Crippen LogP contribution in [0.2, 0.25) is 0 Å². The smallest absolute Gasteiger partial charge is 0.233 e. The average Bonchev–Trinajstić information content (AvgIpc) is 3.62. The normalized spacial score (nSPS) is 11.2. The lowest BCUT2D eigenvalue weighted by molar-refractivity contribution is 0.589. The molecule has 216 valence electrons. The highest BCUT2D eigenvalue weighted by Crippen LogP contribution is 2.33. The van der Waals surface area contributed by atoms with E-state index in [0.29, 0.717) is 16.2 Å². The highest BCUT2D eigenvalue weighted by atomic mass is 28.2. The molecule has 6 rings (SSSR count). The zero-order chi connectivity index (χ0) is 30.8. The molecule has 1 heterocycles. The summed E-state index contributed by atoms with van der Waals surface area (Å²) in [6.45, 7) is 11.0. The minimum atomic E-state index is -0.338. The second-order valence-electron chi connectivity index (χ2n) is 11.9. The van der Waals surface area contributed by atoms with E-state index in [1.807, 2.05) is 30.6 Å². The van der Waals surface area contributed by atoms with Crippen LogP contribution in [0.1, 0.15) is 37.5 Å². The molecule has 5 aromatic carbocycles. The third-order valence-corrected chi connectivity index (χ3v) is 9.68. The van der Waals surface area contributed by atoms with Crippen molar-refractivity contribution in [2.45, 2.75) is 31.3 Å². The fraction of sp³-hybridized carbons (Fsp3) is 0.125. The van der Waals surface area contributed by atoms with E-state index in [9.17, 15) is 0 Å². The second-order valence-corrected chi connectivity index (χ2v) is 13.5. The Morgan fingerprint density at radius 3 is 1.55 bits per heavy atom. The zero-order valence-electron chi connectivity index (χ0n) is 25.8. The van der Waals surface area contributed by atoms with E-state index in [2.05, 4.69) is 177 Å². The van der Waals surface area contributed by atoms with E-state index >= 15 is 0 Å². The van der Waals surface area contributed by atoms with Gasteiger partial charge in [0.15, 0.2) is 0 Å². The number of imidazole rings is 1. The minimum Gasteiger partial charge on any atom is -0.326 e. The first-order chi connectivity index (χ1) is 21.4. The summed E-state index contributed by atoms with van der Waals surface area (Å²) >= 11 is 0. The third-order valence-electron chi connectivity index (χ3n) is 7.88. The number of aromatic nitrogens is 2. The van der Waals surface area contributed by atoms with Gasteiger partial charge in [0.1, 0.15) is 9.52 Å². The van der Waals surface area contributed by atoms with E-state index in [1.165, 1.54) is 32.8 Å². The van der Waals surface area contributed by atoms with Gasteiger partial charge in [-0.25, -0.2) is 4.98 Å². The molecule has 0 fully saturated rings. The first-order valence-electron chi connectivity index (χ1n) is 15.1. The van der Waals surface area contributed by atoms with Gasteiger partial charge < -0.3 is 4.57 Å². The quantitative estimate of drug-likeness (QED) is 0.176. The maximum Gasteiger partial charge on any atom is 0.233 e. The summed E-state index contributed by atoms with van der Waals surface area (Å²) in [5, 5.41) is 1.01. The molecule has 0 bridgehead atoms. The summed E-state index contributed by atoms with van der Waals surface area (Å²) in [4.78, 5) is 4.40. The van der Waals surface area contributed by atoms with Crippen molar-refractivity contribution in [2.75, 3.05) is 0 Å². The summed E-state index contributed by atoms with van der Waals surface area (Å²) in [5.74, 6) is 1.99. The van der Waals surface area contributed by atoms with Gasteiger partial charge in [0.25, 0.3) is 0 Å². The molecule has 0 aliphatic rings. The number of hydrogen-bond acceptors (Lipinski definition) is 1. The Balaban J connectivity index is 0.000000215. The van der Waals surface area contributed by atoms with Crippen molar-refractivity contribution in [2.24, 2.45) is 0 Å². The summed E-state index contributed by atoms with van der Waals surface area (Å²) < 4.78 is 2.26. The lowest BCUT2D eigenvalue weighted by Crippen LogP contribution is -2.47. The van der Waals surface area contributed by atoms with E-state index in [1.54, 1.807) is 0 Å². The van der Waals surface area contributed by atoms with E-state index in [4.69, 9.17) is 0 Å². The van der Waals surface area contributed by atoms with Gasteiger partial charge in [-0.1, -0.05) is 182 Å². The topological polar surface area (TPSA) is 17.8 Å². The van der Waals surface area contributed by atoms with Crippen molar-refractivity contribution >= 4 is 32.3 Å². The van der Waals surface area contributed by atoms with Gasteiger partial charge in [-0.2, -0.15) is 0 Å². The molecule has 44 heavy (non-hydrogen) atoms. The Kier molecular flexibility index (Phi) is 9.93. The average molecular weight is 587 g/mol. The molecule has 0 atom stereocenters. The van der Waals surface area contributed by atoms with Crippen molar-refractivity contribution in [1.82, 2.24) is 9.55 Å². The third kappa shape index (κ3) is 7.10. The Bertz CT molecular complexity index is 1630. The molecule has 0 aliphatic heterocycles. The molecule has 0 amide bonds. The highest BCUT2D eigenvalue weighted by molar-refractivity contribution is 6.89. The van der Waals surface area contributed by atoms with Crippen LogP contribution in [0, 0.1) is 0 Å². The molecular formula is C40H39BN2Si. The molecule has 0 saturated heterocycles. The monoisotopic (exact) mass is 586 g/mol. The van der Waals surface area contributed by atoms with Crippen LogP contribution in [0.5, 0.6) is 0 Å². The number of nitrogens with zero attached hydrogens (tertiary/aromatic N) is 2. The van der Waals surface area contributed by atoms with Crippen molar-refractivity contribution in [3.63, 3.8) is 0 Å². The molecule has 0 spiro atoms.